The second-order valence-corrected chi connectivity index (χ2v) is 3.96. The molecule has 1 aromatic rings. The van der Waals surface area contributed by atoms with Gasteiger partial charge in [-0.1, -0.05) is 0 Å². The maximum absolute atomic E-state index is 11.4. The van der Waals surface area contributed by atoms with Crippen LogP contribution in [0.2, 0.25) is 0 Å². The standard InChI is InChI=1S/C11H16N2O4/c1-8-5-10(12-11(14)13(8)2)17-7-9-6-15-3-4-16-9/h5,9H,3-4,6-7H2,1-2H3. The Morgan fingerprint density at radius 3 is 3.06 bits per heavy atom. The summed E-state index contributed by atoms with van der Waals surface area (Å²) in [7, 11) is 1.67. The topological polar surface area (TPSA) is 62.6 Å². The van der Waals surface area contributed by atoms with Gasteiger partial charge in [0.15, 0.2) is 0 Å². The van der Waals surface area contributed by atoms with Crippen LogP contribution in [0.15, 0.2) is 10.9 Å². The Kier molecular flexibility index (Phi) is 3.75. The van der Waals surface area contributed by atoms with E-state index in [4.69, 9.17) is 14.2 Å². The van der Waals surface area contributed by atoms with Gasteiger partial charge < -0.3 is 14.2 Å². The lowest BCUT2D eigenvalue weighted by molar-refractivity contribution is -0.102. The van der Waals surface area contributed by atoms with Crippen LogP contribution in [0, 0.1) is 6.92 Å². The van der Waals surface area contributed by atoms with Gasteiger partial charge in [0.05, 0.1) is 19.8 Å². The van der Waals surface area contributed by atoms with E-state index >= 15 is 0 Å². The Morgan fingerprint density at radius 1 is 1.59 bits per heavy atom. The van der Waals surface area contributed by atoms with Crippen molar-refractivity contribution in [2.45, 2.75) is 13.0 Å². The summed E-state index contributed by atoms with van der Waals surface area (Å²) in [6, 6.07) is 1.73. The zero-order valence-electron chi connectivity index (χ0n) is 10.0. The molecule has 0 amide bonds. The fourth-order valence-electron chi connectivity index (χ4n) is 1.51. The number of aryl methyl sites for hydroxylation is 1. The monoisotopic (exact) mass is 240 g/mol. The third kappa shape index (κ3) is 3.04. The SMILES string of the molecule is Cc1cc(OCC2COCCO2)nc(=O)n1C. The van der Waals surface area contributed by atoms with Gasteiger partial charge in [-0.3, -0.25) is 4.57 Å². The Balaban J connectivity index is 1.96. The molecule has 2 heterocycles. The third-order valence-electron chi connectivity index (χ3n) is 2.66. The molecule has 1 atom stereocenters. The third-order valence-corrected chi connectivity index (χ3v) is 2.66. The van der Waals surface area contributed by atoms with E-state index in [1.54, 1.807) is 13.1 Å². The first-order valence-electron chi connectivity index (χ1n) is 5.53. The summed E-state index contributed by atoms with van der Waals surface area (Å²) in [4.78, 5) is 15.2. The molecule has 0 bridgehead atoms. The molecule has 1 saturated heterocycles. The molecule has 0 saturated carbocycles. The van der Waals surface area contributed by atoms with E-state index in [1.807, 2.05) is 6.92 Å². The van der Waals surface area contributed by atoms with Crippen LogP contribution in [0.1, 0.15) is 5.69 Å². The van der Waals surface area contributed by atoms with E-state index < -0.39 is 0 Å². The lowest BCUT2D eigenvalue weighted by atomic mass is 10.4. The number of hydrogen-bond donors (Lipinski definition) is 0. The smallest absolute Gasteiger partial charge is 0.350 e. The minimum atomic E-state index is -0.319. The van der Waals surface area contributed by atoms with E-state index in [2.05, 4.69) is 4.98 Å². The number of rotatable bonds is 3. The summed E-state index contributed by atoms with van der Waals surface area (Å²) in [6.07, 6.45) is -0.0880. The first-order chi connectivity index (χ1) is 8.16. The number of aromatic nitrogens is 2. The van der Waals surface area contributed by atoms with Crippen LogP contribution in [0.4, 0.5) is 0 Å². The van der Waals surface area contributed by atoms with Crippen molar-refractivity contribution in [1.82, 2.24) is 9.55 Å². The number of hydrogen-bond acceptors (Lipinski definition) is 5. The molecule has 0 spiro atoms. The van der Waals surface area contributed by atoms with Crippen molar-refractivity contribution in [3.05, 3.63) is 22.2 Å². The van der Waals surface area contributed by atoms with Crippen molar-refractivity contribution < 1.29 is 14.2 Å². The van der Waals surface area contributed by atoms with E-state index in [9.17, 15) is 4.79 Å². The van der Waals surface area contributed by atoms with Crippen LogP contribution < -0.4 is 10.4 Å². The normalized spacial score (nSPS) is 20.2. The maximum Gasteiger partial charge on any atom is 0.350 e. The van der Waals surface area contributed by atoms with Crippen LogP contribution in [-0.2, 0) is 16.5 Å². The Morgan fingerprint density at radius 2 is 2.41 bits per heavy atom. The summed E-state index contributed by atoms with van der Waals surface area (Å²) >= 11 is 0. The highest BCUT2D eigenvalue weighted by Gasteiger charge is 2.15. The van der Waals surface area contributed by atoms with Gasteiger partial charge in [-0.25, -0.2) is 4.79 Å². The van der Waals surface area contributed by atoms with Crippen LogP contribution in [0.5, 0.6) is 5.88 Å². The molecule has 1 aromatic heterocycles. The maximum atomic E-state index is 11.4. The van der Waals surface area contributed by atoms with Crippen molar-refractivity contribution in [2.24, 2.45) is 7.05 Å². The van der Waals surface area contributed by atoms with Crippen molar-refractivity contribution in [2.75, 3.05) is 26.4 Å². The highest BCUT2D eigenvalue weighted by molar-refractivity contribution is 5.13. The molecule has 1 aliphatic heterocycles. The highest BCUT2D eigenvalue weighted by Crippen LogP contribution is 2.08. The average Bonchev–Trinajstić information content (AvgIpc) is 2.34. The van der Waals surface area contributed by atoms with Crippen molar-refractivity contribution in [3.8, 4) is 5.88 Å². The van der Waals surface area contributed by atoms with Crippen LogP contribution in [0.25, 0.3) is 0 Å². The zero-order valence-corrected chi connectivity index (χ0v) is 10.0. The molecule has 0 N–H and O–H groups in total. The summed E-state index contributed by atoms with van der Waals surface area (Å²) < 4.78 is 17.6. The predicted octanol–water partition coefficient (Wildman–Crippen LogP) is -0.117. The first kappa shape index (κ1) is 12.1. The highest BCUT2D eigenvalue weighted by atomic mass is 16.6. The first-order valence-corrected chi connectivity index (χ1v) is 5.53. The van der Waals surface area contributed by atoms with E-state index in [-0.39, 0.29) is 11.8 Å². The van der Waals surface area contributed by atoms with Gasteiger partial charge in [-0.15, -0.1) is 0 Å². The molecule has 0 aliphatic carbocycles. The zero-order chi connectivity index (χ0) is 12.3. The molecule has 17 heavy (non-hydrogen) atoms. The second kappa shape index (κ2) is 5.29. The Bertz CT molecular complexity index is 438. The molecule has 2 rings (SSSR count). The van der Waals surface area contributed by atoms with Crippen molar-refractivity contribution in [3.63, 3.8) is 0 Å². The molecule has 1 aliphatic rings. The van der Waals surface area contributed by atoms with E-state index in [1.165, 1.54) is 4.57 Å². The van der Waals surface area contributed by atoms with Gasteiger partial charge in [0.25, 0.3) is 0 Å². The van der Waals surface area contributed by atoms with Crippen LogP contribution in [-0.4, -0.2) is 42.1 Å². The largest absolute Gasteiger partial charge is 0.475 e. The lowest BCUT2D eigenvalue weighted by Gasteiger charge is -2.22. The van der Waals surface area contributed by atoms with E-state index in [0.29, 0.717) is 32.3 Å². The van der Waals surface area contributed by atoms with Crippen molar-refractivity contribution >= 4 is 0 Å². The van der Waals surface area contributed by atoms with E-state index in [0.717, 1.165) is 5.69 Å². The molecule has 6 nitrogen and oxygen atoms in total. The molecule has 94 valence electrons. The van der Waals surface area contributed by atoms with Gasteiger partial charge in [0.1, 0.15) is 12.7 Å². The summed E-state index contributed by atoms with van der Waals surface area (Å²) in [5.74, 6) is 0.333. The quantitative estimate of drug-likeness (QED) is 0.737. The summed E-state index contributed by atoms with van der Waals surface area (Å²) in [5.41, 5.74) is 0.488. The average molecular weight is 240 g/mol. The van der Waals surface area contributed by atoms with Gasteiger partial charge >= 0.3 is 5.69 Å². The fraction of sp³-hybridized carbons (Fsp3) is 0.636. The fourth-order valence-corrected chi connectivity index (χ4v) is 1.51. The van der Waals surface area contributed by atoms with Gasteiger partial charge in [-0.2, -0.15) is 4.98 Å². The minimum Gasteiger partial charge on any atom is -0.475 e. The molecular weight excluding hydrogens is 224 g/mol. The summed E-state index contributed by atoms with van der Waals surface area (Å²) in [5, 5.41) is 0. The molecular formula is C11H16N2O4. The Hall–Kier alpha value is -1.40. The van der Waals surface area contributed by atoms with Gasteiger partial charge in [0.2, 0.25) is 5.88 Å². The van der Waals surface area contributed by atoms with Gasteiger partial charge in [0, 0.05) is 18.8 Å². The lowest BCUT2D eigenvalue weighted by Crippen LogP contribution is -2.34. The van der Waals surface area contributed by atoms with Crippen LogP contribution in [0.3, 0.4) is 0 Å². The summed E-state index contributed by atoms with van der Waals surface area (Å²) in [6.45, 7) is 3.90. The molecule has 0 radical (unpaired) electrons. The van der Waals surface area contributed by atoms with Crippen molar-refractivity contribution in [1.29, 1.82) is 0 Å². The molecule has 6 heteroatoms. The Labute approximate surface area is 99.1 Å². The van der Waals surface area contributed by atoms with Gasteiger partial charge in [-0.05, 0) is 6.92 Å². The predicted molar refractivity (Wildman–Crippen MR) is 60.3 cm³/mol. The number of nitrogens with zero attached hydrogens (tertiary/aromatic N) is 2. The minimum absolute atomic E-state index is 0.0880. The second-order valence-electron chi connectivity index (χ2n) is 3.96. The molecule has 1 fully saturated rings. The molecule has 1 unspecified atom stereocenters. The number of ether oxygens (including phenoxy) is 3. The van der Waals surface area contributed by atoms with Crippen LogP contribution >= 0.6 is 0 Å². The molecule has 0 aromatic carbocycles.